The number of methoxy groups -OCH3 is 1. The third-order valence-corrected chi connectivity index (χ3v) is 4.63. The highest BCUT2D eigenvalue weighted by molar-refractivity contribution is 5.94. The van der Waals surface area contributed by atoms with E-state index >= 15 is 0 Å². The summed E-state index contributed by atoms with van der Waals surface area (Å²) in [6, 6.07) is 7.20. The first-order valence-electron chi connectivity index (χ1n) is 8.18. The summed E-state index contributed by atoms with van der Waals surface area (Å²) in [6.45, 7) is 0. The molecule has 0 bridgehead atoms. The Morgan fingerprint density at radius 3 is 2.60 bits per heavy atom. The van der Waals surface area contributed by atoms with Crippen molar-refractivity contribution < 1.29 is 14.3 Å². The van der Waals surface area contributed by atoms with E-state index in [-0.39, 0.29) is 23.8 Å². The van der Waals surface area contributed by atoms with Crippen LogP contribution in [0.5, 0.6) is 5.75 Å². The van der Waals surface area contributed by atoms with Crippen LogP contribution in [0.25, 0.3) is 0 Å². The van der Waals surface area contributed by atoms with Crippen LogP contribution < -0.4 is 10.1 Å². The molecule has 1 aliphatic rings. The molecule has 0 saturated carbocycles. The van der Waals surface area contributed by atoms with E-state index in [1.165, 1.54) is 0 Å². The standard InChI is InChI=1S/C18H22N4O3/c1-21-11-13(10-19-21)20-18(24)15-8-9-16(23)22(2)17(15)12-4-6-14(25-3)7-5-12/h4-7,10-11,15,17H,8-9H2,1-3H3,(H,20,24)/t15-,17-/m0/s1. The summed E-state index contributed by atoms with van der Waals surface area (Å²) in [6.07, 6.45) is 4.25. The van der Waals surface area contributed by atoms with Crippen molar-refractivity contribution in [3.05, 3.63) is 42.2 Å². The second-order valence-corrected chi connectivity index (χ2v) is 6.26. The molecule has 2 aromatic rings. The first-order valence-corrected chi connectivity index (χ1v) is 8.18. The molecule has 1 aliphatic heterocycles. The first-order chi connectivity index (χ1) is 12.0. The van der Waals surface area contributed by atoms with E-state index in [0.29, 0.717) is 18.5 Å². The lowest BCUT2D eigenvalue weighted by Crippen LogP contribution is -2.44. The number of carbonyl (C=O) groups excluding carboxylic acids is 2. The van der Waals surface area contributed by atoms with Gasteiger partial charge in [0.25, 0.3) is 0 Å². The molecule has 7 heteroatoms. The molecule has 2 atom stereocenters. The van der Waals surface area contributed by atoms with Crippen molar-refractivity contribution in [2.45, 2.75) is 18.9 Å². The summed E-state index contributed by atoms with van der Waals surface area (Å²) < 4.78 is 6.82. The molecule has 2 amide bonds. The zero-order valence-electron chi connectivity index (χ0n) is 14.6. The van der Waals surface area contributed by atoms with Gasteiger partial charge in [-0.15, -0.1) is 0 Å². The van der Waals surface area contributed by atoms with Crippen LogP contribution in [0.3, 0.4) is 0 Å². The third-order valence-electron chi connectivity index (χ3n) is 4.63. The minimum Gasteiger partial charge on any atom is -0.497 e. The van der Waals surface area contributed by atoms with Crippen LogP contribution in [0.2, 0.25) is 0 Å². The minimum atomic E-state index is -0.323. The molecule has 132 valence electrons. The number of hydrogen-bond donors (Lipinski definition) is 1. The van der Waals surface area contributed by atoms with Crippen molar-refractivity contribution in [1.82, 2.24) is 14.7 Å². The number of aryl methyl sites for hydroxylation is 1. The third kappa shape index (κ3) is 3.50. The average Bonchev–Trinajstić information content (AvgIpc) is 3.02. The largest absolute Gasteiger partial charge is 0.497 e. The molecule has 3 rings (SSSR count). The summed E-state index contributed by atoms with van der Waals surface area (Å²) >= 11 is 0. The highest BCUT2D eigenvalue weighted by Gasteiger charge is 2.38. The quantitative estimate of drug-likeness (QED) is 0.922. The maximum Gasteiger partial charge on any atom is 0.230 e. The topological polar surface area (TPSA) is 76.5 Å². The summed E-state index contributed by atoms with van der Waals surface area (Å²) in [5.74, 6) is 0.362. The maximum absolute atomic E-state index is 12.8. The van der Waals surface area contributed by atoms with Gasteiger partial charge in [0.2, 0.25) is 11.8 Å². The highest BCUT2D eigenvalue weighted by atomic mass is 16.5. The van der Waals surface area contributed by atoms with Gasteiger partial charge < -0.3 is 15.0 Å². The van der Waals surface area contributed by atoms with Crippen LogP contribution in [-0.2, 0) is 16.6 Å². The predicted octanol–water partition coefficient (Wildman–Crippen LogP) is 1.98. The van der Waals surface area contributed by atoms with Gasteiger partial charge in [-0.1, -0.05) is 12.1 Å². The number of rotatable bonds is 4. The lowest BCUT2D eigenvalue weighted by molar-refractivity contribution is -0.140. The molecular formula is C18H22N4O3. The van der Waals surface area contributed by atoms with Crippen molar-refractivity contribution in [3.8, 4) is 5.75 Å². The van der Waals surface area contributed by atoms with Crippen LogP contribution in [0.1, 0.15) is 24.4 Å². The molecule has 0 radical (unpaired) electrons. The lowest BCUT2D eigenvalue weighted by atomic mass is 9.84. The van der Waals surface area contributed by atoms with E-state index in [2.05, 4.69) is 10.4 Å². The summed E-state index contributed by atoms with van der Waals surface area (Å²) in [7, 11) is 5.15. The Bertz CT molecular complexity index is 769. The maximum atomic E-state index is 12.8. The fourth-order valence-corrected chi connectivity index (χ4v) is 3.29. The number of nitrogens with zero attached hydrogens (tertiary/aromatic N) is 3. The van der Waals surface area contributed by atoms with Gasteiger partial charge in [-0.2, -0.15) is 5.10 Å². The van der Waals surface area contributed by atoms with Crippen LogP contribution in [0.4, 0.5) is 5.69 Å². The summed E-state index contributed by atoms with van der Waals surface area (Å²) in [5, 5.41) is 6.97. The van der Waals surface area contributed by atoms with Crippen molar-refractivity contribution in [1.29, 1.82) is 0 Å². The van der Waals surface area contributed by atoms with Crippen molar-refractivity contribution in [2.24, 2.45) is 13.0 Å². The van der Waals surface area contributed by atoms with Crippen LogP contribution in [0.15, 0.2) is 36.7 Å². The second-order valence-electron chi connectivity index (χ2n) is 6.26. The molecule has 0 spiro atoms. The molecular weight excluding hydrogens is 320 g/mol. The fourth-order valence-electron chi connectivity index (χ4n) is 3.29. The lowest BCUT2D eigenvalue weighted by Gasteiger charge is -2.38. The molecule has 1 aromatic carbocycles. The predicted molar refractivity (Wildman–Crippen MR) is 93.1 cm³/mol. The smallest absolute Gasteiger partial charge is 0.230 e. The highest BCUT2D eigenvalue weighted by Crippen LogP contribution is 2.37. The monoisotopic (exact) mass is 342 g/mol. The van der Waals surface area contributed by atoms with Gasteiger partial charge in [-0.25, -0.2) is 0 Å². The van der Waals surface area contributed by atoms with E-state index < -0.39 is 0 Å². The van der Waals surface area contributed by atoms with Crippen LogP contribution in [0, 0.1) is 5.92 Å². The number of aromatic nitrogens is 2. The SMILES string of the molecule is COc1ccc([C@H]2[C@@H](C(=O)Nc3cnn(C)c3)CCC(=O)N2C)cc1. The molecule has 0 unspecified atom stereocenters. The fraction of sp³-hybridized carbons (Fsp3) is 0.389. The Morgan fingerprint density at radius 2 is 2.00 bits per heavy atom. The Hall–Kier alpha value is -2.83. The normalized spacial score (nSPS) is 20.4. The number of carbonyl (C=O) groups is 2. The molecule has 1 fully saturated rings. The van der Waals surface area contributed by atoms with Gasteiger partial charge in [0.1, 0.15) is 5.75 Å². The molecule has 1 aromatic heterocycles. The number of ether oxygens (including phenoxy) is 1. The van der Waals surface area contributed by atoms with Gasteiger partial charge in [-0.05, 0) is 24.1 Å². The van der Waals surface area contributed by atoms with E-state index in [0.717, 1.165) is 11.3 Å². The molecule has 25 heavy (non-hydrogen) atoms. The summed E-state index contributed by atoms with van der Waals surface area (Å²) in [5.41, 5.74) is 1.57. The van der Waals surface area contributed by atoms with Gasteiger partial charge in [-0.3, -0.25) is 14.3 Å². The molecule has 0 aliphatic carbocycles. The second kappa shape index (κ2) is 6.96. The van der Waals surface area contributed by atoms with Crippen LogP contribution >= 0.6 is 0 Å². The molecule has 1 N–H and O–H groups in total. The zero-order chi connectivity index (χ0) is 18.0. The van der Waals surface area contributed by atoms with Gasteiger partial charge in [0.15, 0.2) is 0 Å². The molecule has 7 nitrogen and oxygen atoms in total. The Labute approximate surface area is 146 Å². The zero-order valence-corrected chi connectivity index (χ0v) is 14.6. The van der Waals surface area contributed by atoms with E-state index in [1.54, 1.807) is 43.2 Å². The number of hydrogen-bond acceptors (Lipinski definition) is 4. The number of likely N-dealkylation sites (tertiary alicyclic amines) is 1. The number of benzene rings is 1. The van der Waals surface area contributed by atoms with Crippen LogP contribution in [-0.4, -0.2) is 40.7 Å². The van der Waals surface area contributed by atoms with Gasteiger partial charge in [0, 0.05) is 26.7 Å². The molecule has 2 heterocycles. The number of piperidine rings is 1. The number of amides is 2. The van der Waals surface area contributed by atoms with Crippen molar-refractivity contribution in [3.63, 3.8) is 0 Å². The van der Waals surface area contributed by atoms with E-state index in [1.807, 2.05) is 24.3 Å². The van der Waals surface area contributed by atoms with Gasteiger partial charge in [0.05, 0.1) is 31.0 Å². The average molecular weight is 342 g/mol. The number of anilines is 1. The number of nitrogens with one attached hydrogen (secondary N) is 1. The summed E-state index contributed by atoms with van der Waals surface area (Å²) in [4.78, 5) is 26.7. The molecule has 1 saturated heterocycles. The van der Waals surface area contributed by atoms with Crippen molar-refractivity contribution in [2.75, 3.05) is 19.5 Å². The Balaban J connectivity index is 1.86. The Kier molecular flexibility index (Phi) is 4.74. The minimum absolute atomic E-state index is 0.0474. The first kappa shape index (κ1) is 17.0. The van der Waals surface area contributed by atoms with Gasteiger partial charge >= 0.3 is 0 Å². The van der Waals surface area contributed by atoms with E-state index in [9.17, 15) is 9.59 Å². The van der Waals surface area contributed by atoms with Crippen molar-refractivity contribution >= 4 is 17.5 Å². The van der Waals surface area contributed by atoms with E-state index in [4.69, 9.17) is 4.74 Å². The Morgan fingerprint density at radius 1 is 1.28 bits per heavy atom.